The first-order valence-corrected chi connectivity index (χ1v) is 5.57. The van der Waals surface area contributed by atoms with Crippen molar-refractivity contribution in [3.63, 3.8) is 0 Å². The monoisotopic (exact) mass is 239 g/mol. The predicted octanol–water partition coefficient (Wildman–Crippen LogP) is 0.603. The van der Waals surface area contributed by atoms with E-state index in [0.717, 1.165) is 5.69 Å². The van der Waals surface area contributed by atoms with Gasteiger partial charge < -0.3 is 16.0 Å². The number of piperazine rings is 1. The van der Waals surface area contributed by atoms with E-state index in [1.807, 2.05) is 29.2 Å². The largest absolute Gasteiger partial charge is 0.359 e. The number of carbonyl (C=O) groups excluding carboxylic acids is 1. The summed E-state index contributed by atoms with van der Waals surface area (Å²) >= 11 is 6.09. The summed E-state index contributed by atoms with van der Waals surface area (Å²) in [6.07, 6.45) is 0. The summed E-state index contributed by atoms with van der Waals surface area (Å²) in [6.45, 7) is 1.47. The van der Waals surface area contributed by atoms with Crippen LogP contribution in [0.3, 0.4) is 0 Å². The maximum absolute atomic E-state index is 11.5. The second-order valence-corrected chi connectivity index (χ2v) is 4.24. The molecule has 1 amide bonds. The van der Waals surface area contributed by atoms with E-state index >= 15 is 0 Å². The molecule has 3 N–H and O–H groups in total. The van der Waals surface area contributed by atoms with E-state index in [0.29, 0.717) is 24.7 Å². The lowest BCUT2D eigenvalue weighted by Gasteiger charge is -2.34. The summed E-state index contributed by atoms with van der Waals surface area (Å²) < 4.78 is 0. The molecule has 1 fully saturated rings. The Balaban J connectivity index is 2.21. The second-order valence-electron chi connectivity index (χ2n) is 3.83. The first kappa shape index (κ1) is 11.2. The number of amides is 1. The average molecular weight is 240 g/mol. The molecule has 0 bridgehead atoms. The fraction of sp³-hybridized carbons (Fsp3) is 0.364. The lowest BCUT2D eigenvalue weighted by molar-refractivity contribution is -0.121. The summed E-state index contributed by atoms with van der Waals surface area (Å²) in [7, 11) is 0. The number of benzene rings is 1. The molecule has 0 spiro atoms. The van der Waals surface area contributed by atoms with Crippen LogP contribution in [0, 0.1) is 0 Å². The Labute approximate surface area is 99.4 Å². The van der Waals surface area contributed by atoms with Crippen LogP contribution in [0.1, 0.15) is 0 Å². The highest BCUT2D eigenvalue weighted by Crippen LogP contribution is 2.25. The van der Waals surface area contributed by atoms with E-state index < -0.39 is 0 Å². The van der Waals surface area contributed by atoms with Gasteiger partial charge in [0.2, 0.25) is 5.91 Å². The van der Waals surface area contributed by atoms with E-state index in [9.17, 15) is 4.79 Å². The normalized spacial score (nSPS) is 20.8. The quantitative estimate of drug-likeness (QED) is 0.795. The minimum atomic E-state index is -0.0124. The molecule has 5 heteroatoms. The number of carbonyl (C=O) groups is 1. The van der Waals surface area contributed by atoms with E-state index in [2.05, 4.69) is 5.32 Å². The molecule has 1 aliphatic rings. The van der Waals surface area contributed by atoms with Crippen molar-refractivity contribution in [1.29, 1.82) is 0 Å². The number of anilines is 1. The molecule has 1 saturated heterocycles. The van der Waals surface area contributed by atoms with Gasteiger partial charge in [-0.05, 0) is 12.1 Å². The van der Waals surface area contributed by atoms with Gasteiger partial charge in [-0.2, -0.15) is 0 Å². The van der Waals surface area contributed by atoms with Gasteiger partial charge in [0.05, 0.1) is 23.3 Å². The number of hydrogen-bond donors (Lipinski definition) is 2. The summed E-state index contributed by atoms with van der Waals surface area (Å²) in [5.41, 5.74) is 6.46. The Bertz CT molecular complexity index is 397. The first-order chi connectivity index (χ1) is 7.70. The van der Waals surface area contributed by atoms with Gasteiger partial charge >= 0.3 is 0 Å². The Morgan fingerprint density at radius 2 is 2.25 bits per heavy atom. The van der Waals surface area contributed by atoms with Crippen molar-refractivity contribution in [3.8, 4) is 0 Å². The van der Waals surface area contributed by atoms with Crippen LogP contribution >= 0.6 is 11.6 Å². The van der Waals surface area contributed by atoms with Crippen LogP contribution in [-0.2, 0) is 4.79 Å². The van der Waals surface area contributed by atoms with Gasteiger partial charge in [-0.15, -0.1) is 0 Å². The van der Waals surface area contributed by atoms with Gasteiger partial charge in [0, 0.05) is 13.1 Å². The molecule has 1 unspecified atom stereocenters. The van der Waals surface area contributed by atoms with Gasteiger partial charge in [-0.1, -0.05) is 23.7 Å². The van der Waals surface area contributed by atoms with Crippen molar-refractivity contribution >= 4 is 23.2 Å². The maximum atomic E-state index is 11.5. The van der Waals surface area contributed by atoms with Crippen LogP contribution in [0.25, 0.3) is 0 Å². The average Bonchev–Trinajstić information content (AvgIpc) is 2.28. The molecular formula is C11H14ClN3O. The third-order valence-electron chi connectivity index (χ3n) is 2.62. The molecule has 4 nitrogen and oxygen atoms in total. The van der Waals surface area contributed by atoms with Crippen molar-refractivity contribution in [2.45, 2.75) is 6.04 Å². The van der Waals surface area contributed by atoms with E-state index in [1.54, 1.807) is 0 Å². The molecule has 1 aliphatic heterocycles. The van der Waals surface area contributed by atoms with Gasteiger partial charge in [0.1, 0.15) is 0 Å². The molecule has 16 heavy (non-hydrogen) atoms. The smallest absolute Gasteiger partial charge is 0.239 e. The minimum absolute atomic E-state index is 0.00229. The zero-order chi connectivity index (χ0) is 11.5. The van der Waals surface area contributed by atoms with Crippen molar-refractivity contribution in [2.24, 2.45) is 5.73 Å². The van der Waals surface area contributed by atoms with Crippen LogP contribution in [0.5, 0.6) is 0 Å². The van der Waals surface area contributed by atoms with Crippen LogP contribution in [0.4, 0.5) is 5.69 Å². The lowest BCUT2D eigenvalue weighted by atomic mass is 10.2. The number of halogens is 1. The van der Waals surface area contributed by atoms with Crippen molar-refractivity contribution in [1.82, 2.24) is 5.32 Å². The van der Waals surface area contributed by atoms with E-state index in [1.165, 1.54) is 0 Å². The molecule has 86 valence electrons. The molecule has 2 rings (SSSR count). The number of nitrogens with one attached hydrogen (secondary N) is 1. The molecule has 0 aliphatic carbocycles. The Morgan fingerprint density at radius 3 is 2.94 bits per heavy atom. The fourth-order valence-electron chi connectivity index (χ4n) is 1.85. The lowest BCUT2D eigenvalue weighted by Crippen LogP contribution is -2.56. The van der Waals surface area contributed by atoms with E-state index in [4.69, 9.17) is 17.3 Å². The Hall–Kier alpha value is -1.26. The highest BCUT2D eigenvalue weighted by Gasteiger charge is 2.24. The summed E-state index contributed by atoms with van der Waals surface area (Å²) in [5, 5.41) is 3.50. The molecule has 0 saturated carbocycles. The Kier molecular flexibility index (Phi) is 3.31. The molecule has 1 aromatic carbocycles. The number of para-hydroxylation sites is 1. The van der Waals surface area contributed by atoms with Crippen LogP contribution in [0.15, 0.2) is 24.3 Å². The third-order valence-corrected chi connectivity index (χ3v) is 2.94. The highest BCUT2D eigenvalue weighted by molar-refractivity contribution is 6.33. The first-order valence-electron chi connectivity index (χ1n) is 5.19. The maximum Gasteiger partial charge on any atom is 0.239 e. The molecule has 0 radical (unpaired) electrons. The van der Waals surface area contributed by atoms with Gasteiger partial charge in [-0.3, -0.25) is 4.79 Å². The number of nitrogens with zero attached hydrogens (tertiary/aromatic N) is 1. The predicted molar refractivity (Wildman–Crippen MR) is 64.7 cm³/mol. The van der Waals surface area contributed by atoms with Gasteiger partial charge in [-0.25, -0.2) is 0 Å². The molecule has 1 heterocycles. The van der Waals surface area contributed by atoms with Crippen LogP contribution in [-0.4, -0.2) is 31.6 Å². The van der Waals surface area contributed by atoms with Crippen LogP contribution < -0.4 is 16.0 Å². The topological polar surface area (TPSA) is 58.4 Å². The minimum Gasteiger partial charge on any atom is -0.359 e. The van der Waals surface area contributed by atoms with E-state index in [-0.39, 0.29) is 11.9 Å². The van der Waals surface area contributed by atoms with Crippen molar-refractivity contribution in [2.75, 3.05) is 24.5 Å². The SMILES string of the molecule is NCC1CN(c2ccccc2Cl)CC(=O)N1. The molecule has 0 aromatic heterocycles. The zero-order valence-corrected chi connectivity index (χ0v) is 9.57. The molecule has 1 atom stereocenters. The fourth-order valence-corrected chi connectivity index (χ4v) is 2.10. The van der Waals surface area contributed by atoms with Crippen molar-refractivity contribution < 1.29 is 4.79 Å². The number of hydrogen-bond acceptors (Lipinski definition) is 3. The van der Waals surface area contributed by atoms with Gasteiger partial charge in [0.15, 0.2) is 0 Å². The molecular weight excluding hydrogens is 226 g/mol. The number of nitrogens with two attached hydrogens (primary N) is 1. The standard InChI is InChI=1S/C11H14ClN3O/c12-9-3-1-2-4-10(9)15-6-8(5-13)14-11(16)7-15/h1-4,8H,5-7,13H2,(H,14,16). The summed E-state index contributed by atoms with van der Waals surface area (Å²) in [6, 6.07) is 7.51. The third kappa shape index (κ3) is 2.28. The number of rotatable bonds is 2. The van der Waals surface area contributed by atoms with Crippen LogP contribution in [0.2, 0.25) is 5.02 Å². The molecule has 1 aromatic rings. The Morgan fingerprint density at radius 1 is 1.50 bits per heavy atom. The zero-order valence-electron chi connectivity index (χ0n) is 8.82. The second kappa shape index (κ2) is 4.72. The summed E-state index contributed by atoms with van der Waals surface area (Å²) in [5.74, 6) is -0.0124. The highest BCUT2D eigenvalue weighted by atomic mass is 35.5. The van der Waals surface area contributed by atoms with Gasteiger partial charge in [0.25, 0.3) is 0 Å². The summed E-state index contributed by atoms with van der Waals surface area (Å²) in [4.78, 5) is 13.4. The van der Waals surface area contributed by atoms with Crippen molar-refractivity contribution in [3.05, 3.63) is 29.3 Å².